The second-order valence-corrected chi connectivity index (χ2v) is 6.68. The number of benzene rings is 1. The Morgan fingerprint density at radius 2 is 2.00 bits per heavy atom. The van der Waals surface area contributed by atoms with Crippen LogP contribution in [0.4, 0.5) is 0 Å². The number of aliphatic carboxylic acids is 1. The van der Waals surface area contributed by atoms with Gasteiger partial charge in [0.1, 0.15) is 5.75 Å². The molecule has 1 aliphatic carbocycles. The molecule has 0 saturated heterocycles. The van der Waals surface area contributed by atoms with Crippen molar-refractivity contribution >= 4 is 16.9 Å². The van der Waals surface area contributed by atoms with Crippen LogP contribution in [0, 0.1) is 12.8 Å². The number of carboxylic acid groups (broad SMARTS) is 1. The summed E-state index contributed by atoms with van der Waals surface area (Å²) in [4.78, 5) is 14.6. The average molecular weight is 315 g/mol. The number of H-pyrrole nitrogens is 1. The zero-order chi connectivity index (χ0) is 16.4. The molecule has 1 aromatic heterocycles. The summed E-state index contributed by atoms with van der Waals surface area (Å²) >= 11 is 0. The van der Waals surface area contributed by atoms with Crippen LogP contribution >= 0.6 is 0 Å². The van der Waals surface area contributed by atoms with Gasteiger partial charge in [-0.1, -0.05) is 32.1 Å². The average Bonchev–Trinajstić information content (AvgIpc) is 2.84. The largest absolute Gasteiger partial charge is 0.496 e. The molecule has 1 aromatic carbocycles. The van der Waals surface area contributed by atoms with Gasteiger partial charge in [0.25, 0.3) is 0 Å². The maximum atomic E-state index is 11.3. The van der Waals surface area contributed by atoms with Gasteiger partial charge in [-0.2, -0.15) is 0 Å². The summed E-state index contributed by atoms with van der Waals surface area (Å²) in [7, 11) is 1.70. The predicted octanol–water partition coefficient (Wildman–Crippen LogP) is 4.23. The van der Waals surface area contributed by atoms with E-state index in [4.69, 9.17) is 4.74 Å². The Hall–Kier alpha value is -1.97. The van der Waals surface area contributed by atoms with Gasteiger partial charge in [0.15, 0.2) is 0 Å². The third-order valence-electron chi connectivity index (χ3n) is 5.11. The molecule has 1 saturated carbocycles. The van der Waals surface area contributed by atoms with E-state index in [1.807, 2.05) is 19.1 Å². The van der Waals surface area contributed by atoms with Crippen LogP contribution < -0.4 is 4.74 Å². The summed E-state index contributed by atoms with van der Waals surface area (Å²) in [5.74, 6) is 0.769. The zero-order valence-electron chi connectivity index (χ0n) is 13.9. The van der Waals surface area contributed by atoms with Crippen molar-refractivity contribution in [3.63, 3.8) is 0 Å². The molecule has 4 heteroatoms. The Balaban J connectivity index is 2.09. The molecule has 0 atom stereocenters. The number of aromatic amines is 1. The molecule has 2 aromatic rings. The quantitative estimate of drug-likeness (QED) is 0.867. The normalized spacial score (nSPS) is 15.9. The molecular weight excluding hydrogens is 290 g/mol. The van der Waals surface area contributed by atoms with Crippen LogP contribution in [0.3, 0.4) is 0 Å². The summed E-state index contributed by atoms with van der Waals surface area (Å²) in [6.45, 7) is 1.95. The Morgan fingerprint density at radius 1 is 1.26 bits per heavy atom. The molecule has 0 spiro atoms. The van der Waals surface area contributed by atoms with E-state index < -0.39 is 5.97 Å². The van der Waals surface area contributed by atoms with Gasteiger partial charge >= 0.3 is 5.97 Å². The first-order valence-electron chi connectivity index (χ1n) is 8.49. The number of carboxylic acids is 1. The lowest BCUT2D eigenvalue weighted by molar-refractivity contribution is -0.136. The van der Waals surface area contributed by atoms with Crippen molar-refractivity contribution in [2.24, 2.45) is 5.92 Å². The molecule has 2 N–H and O–H groups in total. The fourth-order valence-corrected chi connectivity index (χ4v) is 3.99. The zero-order valence-corrected chi connectivity index (χ0v) is 13.9. The Labute approximate surface area is 136 Å². The van der Waals surface area contributed by atoms with Gasteiger partial charge in [-0.25, -0.2) is 0 Å². The second-order valence-electron chi connectivity index (χ2n) is 6.68. The molecule has 124 valence electrons. The summed E-state index contributed by atoms with van der Waals surface area (Å²) in [6, 6.07) is 4.00. The van der Waals surface area contributed by atoms with E-state index in [1.54, 1.807) is 7.11 Å². The fraction of sp³-hybridized carbons (Fsp3) is 0.526. The monoisotopic (exact) mass is 315 g/mol. The van der Waals surface area contributed by atoms with Gasteiger partial charge in [-0.05, 0) is 37.0 Å². The van der Waals surface area contributed by atoms with Crippen LogP contribution in [0.25, 0.3) is 10.9 Å². The van der Waals surface area contributed by atoms with E-state index in [-0.39, 0.29) is 6.42 Å². The van der Waals surface area contributed by atoms with Crippen molar-refractivity contribution in [1.29, 1.82) is 0 Å². The number of hydrogen-bond donors (Lipinski definition) is 2. The lowest BCUT2D eigenvalue weighted by Crippen LogP contribution is -2.11. The van der Waals surface area contributed by atoms with Gasteiger partial charge in [0.2, 0.25) is 0 Å². The Kier molecular flexibility index (Phi) is 4.60. The van der Waals surface area contributed by atoms with Crippen molar-refractivity contribution in [1.82, 2.24) is 4.98 Å². The minimum absolute atomic E-state index is 0.0522. The minimum Gasteiger partial charge on any atom is -0.496 e. The first-order valence-corrected chi connectivity index (χ1v) is 8.49. The van der Waals surface area contributed by atoms with Crippen molar-refractivity contribution in [3.8, 4) is 5.75 Å². The minimum atomic E-state index is -0.791. The van der Waals surface area contributed by atoms with Crippen molar-refractivity contribution < 1.29 is 14.6 Å². The number of aryl methyl sites for hydroxylation is 1. The molecule has 0 amide bonds. The highest BCUT2D eigenvalue weighted by Crippen LogP contribution is 2.37. The highest BCUT2D eigenvalue weighted by molar-refractivity contribution is 5.92. The molecule has 0 unspecified atom stereocenters. The molecular formula is C19H25NO3. The molecule has 0 bridgehead atoms. The molecule has 4 nitrogen and oxygen atoms in total. The highest BCUT2D eigenvalue weighted by Gasteiger charge is 2.22. The summed E-state index contributed by atoms with van der Waals surface area (Å²) in [5, 5.41) is 10.3. The number of hydrogen-bond acceptors (Lipinski definition) is 2. The van der Waals surface area contributed by atoms with Crippen molar-refractivity contribution in [2.45, 2.75) is 51.9 Å². The topological polar surface area (TPSA) is 62.3 Å². The van der Waals surface area contributed by atoms with Crippen LogP contribution in [0.2, 0.25) is 0 Å². The SMILES string of the molecule is COc1ccc2[nH]c(C)c(CC(=O)O)c2c1CC1CCCCC1. The highest BCUT2D eigenvalue weighted by atomic mass is 16.5. The predicted molar refractivity (Wildman–Crippen MR) is 91.2 cm³/mol. The number of rotatable bonds is 5. The molecule has 0 radical (unpaired) electrons. The van der Waals surface area contributed by atoms with Gasteiger partial charge < -0.3 is 14.8 Å². The molecule has 0 aliphatic heterocycles. The van der Waals surface area contributed by atoms with Crippen LogP contribution in [0.5, 0.6) is 5.75 Å². The first-order chi connectivity index (χ1) is 11.1. The lowest BCUT2D eigenvalue weighted by Gasteiger charge is -2.23. The van der Waals surface area contributed by atoms with Crippen LogP contribution in [-0.2, 0) is 17.6 Å². The number of aromatic nitrogens is 1. The summed E-state index contributed by atoms with van der Waals surface area (Å²) < 4.78 is 5.60. The second kappa shape index (κ2) is 6.65. The summed E-state index contributed by atoms with van der Waals surface area (Å²) in [5.41, 5.74) is 4.04. The van der Waals surface area contributed by atoms with E-state index in [0.29, 0.717) is 5.92 Å². The Morgan fingerprint density at radius 3 is 2.65 bits per heavy atom. The van der Waals surface area contributed by atoms with Crippen molar-refractivity contribution in [3.05, 3.63) is 29.0 Å². The van der Waals surface area contributed by atoms with E-state index >= 15 is 0 Å². The molecule has 1 fully saturated rings. The van der Waals surface area contributed by atoms with Gasteiger partial charge in [0.05, 0.1) is 13.5 Å². The fourth-order valence-electron chi connectivity index (χ4n) is 3.99. The van der Waals surface area contributed by atoms with Gasteiger partial charge in [-0.3, -0.25) is 4.79 Å². The molecule has 1 aliphatic rings. The third-order valence-corrected chi connectivity index (χ3v) is 5.11. The third kappa shape index (κ3) is 3.21. The summed E-state index contributed by atoms with van der Waals surface area (Å²) in [6.07, 6.45) is 7.50. The van der Waals surface area contributed by atoms with Crippen molar-refractivity contribution in [2.75, 3.05) is 7.11 Å². The van der Waals surface area contributed by atoms with Gasteiger partial charge in [-0.15, -0.1) is 0 Å². The van der Waals surface area contributed by atoms with E-state index in [1.165, 1.54) is 37.7 Å². The van der Waals surface area contributed by atoms with Crippen LogP contribution in [0.15, 0.2) is 12.1 Å². The standard InChI is InChI=1S/C19H25NO3/c1-12-14(11-18(21)22)19-15(10-13-6-4-3-5-7-13)17(23-2)9-8-16(19)20-12/h8-9,13,20H,3-7,10-11H2,1-2H3,(H,21,22). The number of ether oxygens (including phenoxy) is 1. The molecule has 1 heterocycles. The maximum absolute atomic E-state index is 11.3. The lowest BCUT2D eigenvalue weighted by atomic mass is 9.83. The van der Waals surface area contributed by atoms with E-state index in [9.17, 15) is 9.90 Å². The number of fused-ring (bicyclic) bond motifs is 1. The number of carbonyl (C=O) groups is 1. The number of nitrogens with one attached hydrogen (secondary N) is 1. The smallest absolute Gasteiger partial charge is 0.307 e. The maximum Gasteiger partial charge on any atom is 0.307 e. The molecule has 23 heavy (non-hydrogen) atoms. The Bertz CT molecular complexity index is 711. The van der Waals surface area contributed by atoms with E-state index in [0.717, 1.165) is 34.3 Å². The van der Waals surface area contributed by atoms with E-state index in [2.05, 4.69) is 4.98 Å². The van der Waals surface area contributed by atoms with Crippen LogP contribution in [0.1, 0.15) is 48.9 Å². The number of methoxy groups -OCH3 is 1. The molecule has 3 rings (SSSR count). The first kappa shape index (κ1) is 15.9. The van der Waals surface area contributed by atoms with Crippen LogP contribution in [-0.4, -0.2) is 23.2 Å². The van der Waals surface area contributed by atoms with Gasteiger partial charge in [0, 0.05) is 22.2 Å².